The first kappa shape index (κ1) is 21.5. The second-order valence-corrected chi connectivity index (χ2v) is 9.85. The van der Waals surface area contributed by atoms with Gasteiger partial charge in [0.25, 0.3) is 5.91 Å². The SMILES string of the molecule is COC(=O)c1c(NC(=O)COC(=O)c2cc3c(C)nn(C)c3s2)sc2c1CCC(C)C2. The molecule has 0 saturated heterocycles. The zero-order valence-electron chi connectivity index (χ0n) is 17.7. The van der Waals surface area contributed by atoms with Gasteiger partial charge in [0.2, 0.25) is 0 Å². The number of thiophene rings is 2. The predicted molar refractivity (Wildman–Crippen MR) is 119 cm³/mol. The summed E-state index contributed by atoms with van der Waals surface area (Å²) in [4.78, 5) is 39.6. The number of esters is 2. The molecule has 1 N–H and O–H groups in total. The molecule has 0 saturated carbocycles. The number of carbonyl (C=O) groups is 3. The van der Waals surface area contributed by atoms with E-state index in [2.05, 4.69) is 17.3 Å². The normalized spacial score (nSPS) is 15.5. The van der Waals surface area contributed by atoms with Crippen LogP contribution in [0.1, 0.15) is 49.5 Å². The van der Waals surface area contributed by atoms with Gasteiger partial charge in [-0.15, -0.1) is 22.7 Å². The summed E-state index contributed by atoms with van der Waals surface area (Å²) in [6.45, 7) is 3.60. The van der Waals surface area contributed by atoms with E-state index in [-0.39, 0.29) is 0 Å². The van der Waals surface area contributed by atoms with Crippen LogP contribution in [0.2, 0.25) is 0 Å². The third-order valence-electron chi connectivity index (χ3n) is 5.39. The van der Waals surface area contributed by atoms with Crippen molar-refractivity contribution in [1.29, 1.82) is 0 Å². The van der Waals surface area contributed by atoms with Crippen molar-refractivity contribution in [2.45, 2.75) is 33.1 Å². The number of fused-ring (bicyclic) bond motifs is 2. The van der Waals surface area contributed by atoms with E-state index in [9.17, 15) is 14.4 Å². The van der Waals surface area contributed by atoms with Crippen LogP contribution in [-0.4, -0.2) is 41.3 Å². The lowest BCUT2D eigenvalue weighted by atomic mass is 9.88. The molecule has 0 radical (unpaired) electrons. The molecule has 3 aromatic rings. The molecule has 1 aliphatic rings. The first-order chi connectivity index (χ1) is 14.8. The zero-order chi connectivity index (χ0) is 22.3. The number of hydrogen-bond acceptors (Lipinski definition) is 8. The van der Waals surface area contributed by atoms with Gasteiger partial charge < -0.3 is 14.8 Å². The summed E-state index contributed by atoms with van der Waals surface area (Å²) >= 11 is 2.67. The Hall–Kier alpha value is -2.72. The molecule has 0 aliphatic heterocycles. The summed E-state index contributed by atoms with van der Waals surface area (Å²) in [6.07, 6.45) is 2.64. The first-order valence-corrected chi connectivity index (χ1v) is 11.5. The number of amides is 1. The van der Waals surface area contributed by atoms with E-state index >= 15 is 0 Å². The highest BCUT2D eigenvalue weighted by Crippen LogP contribution is 2.40. The largest absolute Gasteiger partial charge is 0.465 e. The smallest absolute Gasteiger partial charge is 0.348 e. The van der Waals surface area contributed by atoms with E-state index in [1.54, 1.807) is 10.7 Å². The zero-order valence-corrected chi connectivity index (χ0v) is 19.4. The lowest BCUT2D eigenvalue weighted by molar-refractivity contribution is -0.119. The summed E-state index contributed by atoms with van der Waals surface area (Å²) < 4.78 is 11.9. The third-order valence-corrected chi connectivity index (χ3v) is 7.74. The summed E-state index contributed by atoms with van der Waals surface area (Å²) in [7, 11) is 3.14. The van der Waals surface area contributed by atoms with E-state index < -0.39 is 24.5 Å². The molecule has 10 heteroatoms. The number of aromatic nitrogens is 2. The number of hydrogen-bond donors (Lipinski definition) is 1. The van der Waals surface area contributed by atoms with Gasteiger partial charge in [-0.05, 0) is 43.7 Å². The van der Waals surface area contributed by atoms with E-state index in [0.717, 1.165) is 45.6 Å². The van der Waals surface area contributed by atoms with Gasteiger partial charge in [0.1, 0.15) is 14.7 Å². The number of carbonyl (C=O) groups excluding carboxylic acids is 3. The number of rotatable bonds is 5. The Kier molecular flexibility index (Phi) is 5.85. The minimum absolute atomic E-state index is 0.412. The molecule has 1 aliphatic carbocycles. The Morgan fingerprint density at radius 1 is 1.29 bits per heavy atom. The Morgan fingerprint density at radius 2 is 2.06 bits per heavy atom. The second-order valence-electron chi connectivity index (χ2n) is 7.71. The Morgan fingerprint density at radius 3 is 2.77 bits per heavy atom. The fourth-order valence-electron chi connectivity index (χ4n) is 3.83. The van der Waals surface area contributed by atoms with Crippen molar-refractivity contribution < 1.29 is 23.9 Å². The fourth-order valence-corrected chi connectivity index (χ4v) is 6.26. The number of nitrogens with zero attached hydrogens (tertiary/aromatic N) is 2. The quantitative estimate of drug-likeness (QED) is 0.582. The second kappa shape index (κ2) is 8.43. The molecule has 4 rings (SSSR count). The summed E-state index contributed by atoms with van der Waals surface area (Å²) in [5, 5.41) is 8.39. The average Bonchev–Trinajstić information content (AvgIpc) is 3.39. The van der Waals surface area contributed by atoms with Gasteiger partial charge in [-0.1, -0.05) is 6.92 Å². The molecule has 0 aromatic carbocycles. The van der Waals surface area contributed by atoms with Crippen LogP contribution in [0.15, 0.2) is 6.07 Å². The van der Waals surface area contributed by atoms with Gasteiger partial charge in [-0.25, -0.2) is 9.59 Å². The molecule has 0 spiro atoms. The van der Waals surface area contributed by atoms with Crippen LogP contribution in [0, 0.1) is 12.8 Å². The average molecular weight is 462 g/mol. The van der Waals surface area contributed by atoms with Crippen LogP contribution >= 0.6 is 22.7 Å². The van der Waals surface area contributed by atoms with Crippen LogP contribution in [-0.2, 0) is 34.2 Å². The highest BCUT2D eigenvalue weighted by atomic mass is 32.1. The lowest BCUT2D eigenvalue weighted by Crippen LogP contribution is -2.21. The van der Waals surface area contributed by atoms with E-state index in [1.165, 1.54) is 29.8 Å². The van der Waals surface area contributed by atoms with Crippen molar-refractivity contribution in [3.63, 3.8) is 0 Å². The molecule has 8 nitrogen and oxygen atoms in total. The molecule has 0 fully saturated rings. The fraction of sp³-hybridized carbons (Fsp3) is 0.429. The molecule has 3 aromatic heterocycles. The summed E-state index contributed by atoms with van der Waals surface area (Å²) in [5.74, 6) is -0.998. The van der Waals surface area contributed by atoms with E-state index in [4.69, 9.17) is 9.47 Å². The molecule has 1 atom stereocenters. The minimum Gasteiger partial charge on any atom is -0.465 e. The number of methoxy groups -OCH3 is 1. The van der Waals surface area contributed by atoms with Gasteiger partial charge >= 0.3 is 11.9 Å². The molecule has 0 bridgehead atoms. The molecule has 164 valence electrons. The van der Waals surface area contributed by atoms with Crippen LogP contribution < -0.4 is 5.32 Å². The van der Waals surface area contributed by atoms with Gasteiger partial charge in [-0.3, -0.25) is 9.48 Å². The number of nitrogens with one attached hydrogen (secondary N) is 1. The summed E-state index contributed by atoms with van der Waals surface area (Å²) in [5.41, 5.74) is 2.20. The van der Waals surface area contributed by atoms with Gasteiger partial charge in [0, 0.05) is 17.3 Å². The van der Waals surface area contributed by atoms with Crippen LogP contribution in [0.5, 0.6) is 0 Å². The minimum atomic E-state index is -0.566. The highest BCUT2D eigenvalue weighted by molar-refractivity contribution is 7.20. The predicted octanol–water partition coefficient (Wildman–Crippen LogP) is 3.71. The van der Waals surface area contributed by atoms with Crippen molar-refractivity contribution in [2.24, 2.45) is 13.0 Å². The van der Waals surface area contributed by atoms with E-state index in [0.29, 0.717) is 21.4 Å². The molecule has 1 unspecified atom stereocenters. The maximum absolute atomic E-state index is 12.5. The van der Waals surface area contributed by atoms with Crippen LogP contribution in [0.3, 0.4) is 0 Å². The summed E-state index contributed by atoms with van der Waals surface area (Å²) in [6, 6.07) is 1.73. The lowest BCUT2D eigenvalue weighted by Gasteiger charge is -2.18. The Bertz CT molecular complexity index is 1160. The molecule has 31 heavy (non-hydrogen) atoms. The molecular formula is C21H23N3O5S2. The maximum Gasteiger partial charge on any atom is 0.348 e. The van der Waals surface area contributed by atoms with Crippen molar-refractivity contribution in [3.8, 4) is 0 Å². The topological polar surface area (TPSA) is 99.5 Å². The van der Waals surface area contributed by atoms with Gasteiger partial charge in [0.15, 0.2) is 6.61 Å². The van der Waals surface area contributed by atoms with Gasteiger partial charge in [-0.2, -0.15) is 5.10 Å². The number of anilines is 1. The third kappa shape index (κ3) is 4.09. The molecular weight excluding hydrogens is 438 g/mol. The standard InChI is InChI=1S/C21H23N3O5S2/c1-10-5-6-12-14(7-10)30-18(17(12)21(27)28-4)22-16(25)9-29-20(26)15-8-13-11(2)23-24(3)19(13)31-15/h8,10H,5-7,9H2,1-4H3,(H,22,25). The van der Waals surface area contributed by atoms with Crippen molar-refractivity contribution >= 4 is 55.7 Å². The molecule has 3 heterocycles. The number of aryl methyl sites for hydroxylation is 2. The van der Waals surface area contributed by atoms with Crippen molar-refractivity contribution in [1.82, 2.24) is 9.78 Å². The first-order valence-electron chi connectivity index (χ1n) is 9.91. The monoisotopic (exact) mass is 461 g/mol. The van der Waals surface area contributed by atoms with Crippen molar-refractivity contribution in [2.75, 3.05) is 19.0 Å². The Labute approximate surface area is 187 Å². The van der Waals surface area contributed by atoms with Crippen LogP contribution in [0.25, 0.3) is 10.2 Å². The number of ether oxygens (including phenoxy) is 2. The molecule has 1 amide bonds. The van der Waals surface area contributed by atoms with Crippen LogP contribution in [0.4, 0.5) is 5.00 Å². The Balaban J connectivity index is 1.45. The maximum atomic E-state index is 12.5. The van der Waals surface area contributed by atoms with Gasteiger partial charge in [0.05, 0.1) is 18.4 Å². The van der Waals surface area contributed by atoms with E-state index in [1.807, 2.05) is 14.0 Å². The van der Waals surface area contributed by atoms with Crippen molar-refractivity contribution in [3.05, 3.63) is 32.6 Å². The highest BCUT2D eigenvalue weighted by Gasteiger charge is 2.29.